The van der Waals surface area contributed by atoms with E-state index in [0.29, 0.717) is 31.5 Å². The number of anilines is 1. The Balaban J connectivity index is 1.54. The van der Waals surface area contributed by atoms with Crippen LogP contribution in [-0.2, 0) is 30.6 Å². The zero-order valence-corrected chi connectivity index (χ0v) is 19.8. The lowest BCUT2D eigenvalue weighted by Gasteiger charge is -2.16. The summed E-state index contributed by atoms with van der Waals surface area (Å²) in [6, 6.07) is 6.65. The number of imide groups is 1. The number of hydrogen-bond donors (Lipinski definition) is 4. The SMILES string of the molecule is CC(C)C1CC(=O)N(CCCCCC(=O)NCC(=O)NCC(=O)Nc2ccc(CO)cc2)C1=O. The minimum absolute atomic E-state index is 0.0878. The van der Waals surface area contributed by atoms with Crippen molar-refractivity contribution in [1.29, 1.82) is 0 Å². The molecule has 1 aliphatic rings. The van der Waals surface area contributed by atoms with Crippen molar-refractivity contribution in [1.82, 2.24) is 15.5 Å². The third kappa shape index (κ3) is 8.58. The highest BCUT2D eigenvalue weighted by molar-refractivity contribution is 6.03. The van der Waals surface area contributed by atoms with Crippen LogP contribution in [0.5, 0.6) is 0 Å². The number of carbonyl (C=O) groups excluding carboxylic acids is 5. The van der Waals surface area contributed by atoms with Gasteiger partial charge in [-0.2, -0.15) is 0 Å². The fourth-order valence-electron chi connectivity index (χ4n) is 3.60. The maximum atomic E-state index is 12.3. The first-order valence-corrected chi connectivity index (χ1v) is 11.6. The van der Waals surface area contributed by atoms with E-state index in [1.807, 2.05) is 13.8 Å². The van der Waals surface area contributed by atoms with Crippen LogP contribution in [0.15, 0.2) is 24.3 Å². The normalized spacial score (nSPS) is 15.5. The molecule has 0 aromatic heterocycles. The van der Waals surface area contributed by atoms with Gasteiger partial charge >= 0.3 is 0 Å². The Labute approximate surface area is 199 Å². The molecule has 1 atom stereocenters. The first-order chi connectivity index (χ1) is 16.2. The van der Waals surface area contributed by atoms with Crippen molar-refractivity contribution >= 4 is 35.2 Å². The summed E-state index contributed by atoms with van der Waals surface area (Å²) >= 11 is 0. The third-order valence-electron chi connectivity index (χ3n) is 5.68. The van der Waals surface area contributed by atoms with Gasteiger partial charge < -0.3 is 21.1 Å². The number of hydrogen-bond acceptors (Lipinski definition) is 6. The molecule has 2 rings (SSSR count). The highest BCUT2D eigenvalue weighted by Crippen LogP contribution is 2.26. The molecule has 10 nitrogen and oxygen atoms in total. The van der Waals surface area contributed by atoms with Gasteiger partial charge in [0.05, 0.1) is 19.7 Å². The smallest absolute Gasteiger partial charge is 0.243 e. The van der Waals surface area contributed by atoms with Gasteiger partial charge in [0.25, 0.3) is 0 Å². The van der Waals surface area contributed by atoms with Gasteiger partial charge in [-0.15, -0.1) is 0 Å². The van der Waals surface area contributed by atoms with E-state index in [4.69, 9.17) is 5.11 Å². The zero-order chi connectivity index (χ0) is 25.1. The number of likely N-dealkylation sites (tertiary alicyclic amines) is 1. The van der Waals surface area contributed by atoms with E-state index in [-0.39, 0.29) is 62.1 Å². The number of nitrogens with zero attached hydrogens (tertiary/aromatic N) is 1. The van der Waals surface area contributed by atoms with Gasteiger partial charge in [-0.3, -0.25) is 28.9 Å². The third-order valence-corrected chi connectivity index (χ3v) is 5.68. The minimum atomic E-state index is -0.482. The molecule has 1 aromatic rings. The number of aliphatic hydroxyl groups is 1. The second kappa shape index (κ2) is 13.4. The quantitative estimate of drug-likeness (QED) is 0.247. The maximum absolute atomic E-state index is 12.3. The fourth-order valence-corrected chi connectivity index (χ4v) is 3.60. The number of aliphatic hydroxyl groups excluding tert-OH is 1. The first-order valence-electron chi connectivity index (χ1n) is 11.6. The molecule has 1 heterocycles. The van der Waals surface area contributed by atoms with E-state index in [1.165, 1.54) is 4.90 Å². The van der Waals surface area contributed by atoms with Crippen LogP contribution in [0.4, 0.5) is 5.69 Å². The van der Waals surface area contributed by atoms with Crippen LogP contribution in [0.2, 0.25) is 0 Å². The van der Waals surface area contributed by atoms with Crippen molar-refractivity contribution in [2.24, 2.45) is 11.8 Å². The molecule has 1 fully saturated rings. The van der Waals surface area contributed by atoms with Gasteiger partial charge in [-0.25, -0.2) is 0 Å². The molecule has 0 saturated carbocycles. The Hall–Kier alpha value is -3.27. The molecule has 0 bridgehead atoms. The van der Waals surface area contributed by atoms with E-state index in [9.17, 15) is 24.0 Å². The highest BCUT2D eigenvalue weighted by atomic mass is 16.3. The molecule has 0 aliphatic carbocycles. The molecule has 5 amide bonds. The molecule has 0 spiro atoms. The van der Waals surface area contributed by atoms with E-state index < -0.39 is 11.8 Å². The van der Waals surface area contributed by atoms with E-state index in [0.717, 1.165) is 5.56 Å². The Morgan fingerprint density at radius 1 is 0.971 bits per heavy atom. The number of amides is 5. The second-order valence-electron chi connectivity index (χ2n) is 8.71. The summed E-state index contributed by atoms with van der Waals surface area (Å²) in [5.41, 5.74) is 1.27. The van der Waals surface area contributed by atoms with Gasteiger partial charge in [0.15, 0.2) is 0 Å². The predicted octanol–water partition coefficient (Wildman–Crippen LogP) is 0.941. The summed E-state index contributed by atoms with van der Waals surface area (Å²) in [5.74, 6) is -1.49. The Morgan fingerprint density at radius 2 is 1.62 bits per heavy atom. The first kappa shape index (κ1) is 27.0. The van der Waals surface area contributed by atoms with Crippen LogP contribution >= 0.6 is 0 Å². The Kier molecular flexibility index (Phi) is 10.7. The number of nitrogens with one attached hydrogen (secondary N) is 3. The molecule has 186 valence electrons. The monoisotopic (exact) mass is 474 g/mol. The molecule has 34 heavy (non-hydrogen) atoms. The van der Waals surface area contributed by atoms with E-state index in [2.05, 4.69) is 16.0 Å². The zero-order valence-electron chi connectivity index (χ0n) is 19.8. The molecular weight excluding hydrogens is 440 g/mol. The molecule has 1 aromatic carbocycles. The number of rotatable bonds is 13. The van der Waals surface area contributed by atoms with Gasteiger partial charge in [-0.1, -0.05) is 32.4 Å². The number of benzene rings is 1. The van der Waals surface area contributed by atoms with E-state index in [1.54, 1.807) is 24.3 Å². The average Bonchev–Trinajstić information content (AvgIpc) is 3.10. The van der Waals surface area contributed by atoms with Crippen LogP contribution in [0.25, 0.3) is 0 Å². The highest BCUT2D eigenvalue weighted by Gasteiger charge is 2.39. The van der Waals surface area contributed by atoms with Gasteiger partial charge in [0.2, 0.25) is 29.5 Å². The van der Waals surface area contributed by atoms with Crippen LogP contribution in [0.1, 0.15) is 51.5 Å². The molecule has 1 unspecified atom stereocenters. The topological polar surface area (TPSA) is 145 Å². The Morgan fingerprint density at radius 3 is 2.24 bits per heavy atom. The summed E-state index contributed by atoms with van der Waals surface area (Å²) in [4.78, 5) is 61.2. The van der Waals surface area contributed by atoms with Crippen molar-refractivity contribution < 1.29 is 29.1 Å². The number of carbonyl (C=O) groups is 5. The molecular formula is C24H34N4O6. The van der Waals surface area contributed by atoms with Crippen molar-refractivity contribution in [2.45, 2.75) is 52.6 Å². The summed E-state index contributed by atoms with van der Waals surface area (Å²) in [6.07, 6.45) is 2.40. The minimum Gasteiger partial charge on any atom is -0.392 e. The van der Waals surface area contributed by atoms with Gasteiger partial charge in [0.1, 0.15) is 0 Å². The predicted molar refractivity (Wildman–Crippen MR) is 125 cm³/mol. The van der Waals surface area contributed by atoms with Crippen LogP contribution in [-0.4, -0.2) is 59.2 Å². The van der Waals surface area contributed by atoms with Crippen molar-refractivity contribution in [3.05, 3.63) is 29.8 Å². The van der Waals surface area contributed by atoms with Crippen LogP contribution in [0.3, 0.4) is 0 Å². The van der Waals surface area contributed by atoms with Crippen LogP contribution < -0.4 is 16.0 Å². The van der Waals surface area contributed by atoms with Crippen molar-refractivity contribution in [2.75, 3.05) is 25.0 Å². The van der Waals surface area contributed by atoms with Crippen LogP contribution in [0, 0.1) is 11.8 Å². The molecule has 0 radical (unpaired) electrons. The lowest BCUT2D eigenvalue weighted by Crippen LogP contribution is -2.40. The maximum Gasteiger partial charge on any atom is 0.243 e. The van der Waals surface area contributed by atoms with Gasteiger partial charge in [0, 0.05) is 31.0 Å². The summed E-state index contributed by atoms with van der Waals surface area (Å²) in [5, 5.41) is 16.6. The molecule has 1 saturated heterocycles. The lowest BCUT2D eigenvalue weighted by atomic mass is 9.94. The van der Waals surface area contributed by atoms with E-state index >= 15 is 0 Å². The standard InChI is InChI=1S/C24H34N4O6/c1-16(2)19-12-23(33)28(24(19)34)11-5-3-4-6-20(30)25-13-21(31)26-14-22(32)27-18-9-7-17(15-29)8-10-18/h7-10,16,19,29H,3-6,11-15H2,1-2H3,(H,25,30)(H,26,31)(H,27,32). The average molecular weight is 475 g/mol. The van der Waals surface area contributed by atoms with Gasteiger partial charge in [-0.05, 0) is 36.5 Å². The van der Waals surface area contributed by atoms with Crippen molar-refractivity contribution in [3.63, 3.8) is 0 Å². The van der Waals surface area contributed by atoms with Crippen molar-refractivity contribution in [3.8, 4) is 0 Å². The summed E-state index contributed by atoms with van der Waals surface area (Å²) in [6.45, 7) is 3.69. The lowest BCUT2D eigenvalue weighted by molar-refractivity contribution is -0.139. The number of unbranched alkanes of at least 4 members (excludes halogenated alkanes) is 2. The largest absolute Gasteiger partial charge is 0.392 e. The molecule has 10 heteroatoms. The summed E-state index contributed by atoms with van der Waals surface area (Å²) < 4.78 is 0. The molecule has 4 N–H and O–H groups in total. The summed E-state index contributed by atoms with van der Waals surface area (Å²) in [7, 11) is 0. The second-order valence-corrected chi connectivity index (χ2v) is 8.71. The fraction of sp³-hybridized carbons (Fsp3) is 0.542. The molecule has 1 aliphatic heterocycles. The Bertz CT molecular complexity index is 884.